The Balaban J connectivity index is 1.93. The van der Waals surface area contributed by atoms with Gasteiger partial charge in [-0.05, 0) is 33.6 Å². The summed E-state index contributed by atoms with van der Waals surface area (Å²) < 4.78 is 5.48. The first kappa shape index (κ1) is 17.1. The number of hydrogen-bond acceptors (Lipinski definition) is 4. The third-order valence-corrected chi connectivity index (χ3v) is 4.13. The second kappa shape index (κ2) is 6.44. The molecule has 2 aliphatic heterocycles. The number of amides is 2. The molecular formula is C16H29N3O3. The van der Waals surface area contributed by atoms with Crippen molar-refractivity contribution in [2.45, 2.75) is 58.7 Å². The molecule has 2 saturated heterocycles. The quantitative estimate of drug-likeness (QED) is 0.838. The van der Waals surface area contributed by atoms with Crippen molar-refractivity contribution in [3.05, 3.63) is 0 Å². The van der Waals surface area contributed by atoms with Gasteiger partial charge >= 0.3 is 6.09 Å². The maximum Gasteiger partial charge on any atom is 0.410 e. The molecule has 0 unspecified atom stereocenters. The van der Waals surface area contributed by atoms with Crippen LogP contribution in [0.15, 0.2) is 0 Å². The summed E-state index contributed by atoms with van der Waals surface area (Å²) in [4.78, 5) is 27.9. The molecule has 1 N–H and O–H groups in total. The van der Waals surface area contributed by atoms with E-state index in [1.54, 1.807) is 4.90 Å². The van der Waals surface area contributed by atoms with E-state index in [1.165, 1.54) is 0 Å². The van der Waals surface area contributed by atoms with Crippen molar-refractivity contribution < 1.29 is 14.3 Å². The van der Waals surface area contributed by atoms with E-state index in [-0.39, 0.29) is 24.1 Å². The Morgan fingerprint density at radius 1 is 1.32 bits per heavy atom. The van der Waals surface area contributed by atoms with Gasteiger partial charge in [0.1, 0.15) is 5.60 Å². The number of nitrogens with one attached hydrogen (secondary N) is 1. The topological polar surface area (TPSA) is 61.9 Å². The van der Waals surface area contributed by atoms with Crippen LogP contribution in [0.5, 0.6) is 0 Å². The van der Waals surface area contributed by atoms with Crippen molar-refractivity contribution in [2.75, 3.05) is 26.2 Å². The average molecular weight is 311 g/mol. The number of piperazine rings is 1. The van der Waals surface area contributed by atoms with E-state index in [1.807, 2.05) is 32.6 Å². The molecule has 6 nitrogen and oxygen atoms in total. The van der Waals surface area contributed by atoms with Crippen LogP contribution < -0.4 is 5.32 Å². The highest BCUT2D eigenvalue weighted by Gasteiger charge is 2.34. The standard InChI is InChI=1S/C16H29N3O3/c1-11-6-14(20)18(8-11)9-13-10-19(12(2)7-17-13)15(21)22-16(3,4)5/h11-13,17H,6-10H2,1-5H3/t11-,12-,13+/m1/s1. The summed E-state index contributed by atoms with van der Waals surface area (Å²) in [5.74, 6) is 0.647. The van der Waals surface area contributed by atoms with Gasteiger partial charge in [0.15, 0.2) is 0 Å². The summed E-state index contributed by atoms with van der Waals surface area (Å²) in [5, 5.41) is 3.44. The fraction of sp³-hybridized carbons (Fsp3) is 0.875. The monoisotopic (exact) mass is 311 g/mol. The zero-order chi connectivity index (χ0) is 16.5. The fourth-order valence-electron chi connectivity index (χ4n) is 3.04. The Hall–Kier alpha value is -1.30. The zero-order valence-corrected chi connectivity index (χ0v) is 14.4. The van der Waals surface area contributed by atoms with Gasteiger partial charge in [-0.15, -0.1) is 0 Å². The number of carbonyl (C=O) groups excluding carboxylic acids is 2. The van der Waals surface area contributed by atoms with Gasteiger partial charge < -0.3 is 19.9 Å². The first-order valence-corrected chi connectivity index (χ1v) is 8.16. The van der Waals surface area contributed by atoms with E-state index in [2.05, 4.69) is 12.2 Å². The zero-order valence-electron chi connectivity index (χ0n) is 14.4. The summed E-state index contributed by atoms with van der Waals surface area (Å²) in [6, 6.07) is 0.206. The van der Waals surface area contributed by atoms with Crippen LogP contribution in [0, 0.1) is 5.92 Å². The highest BCUT2D eigenvalue weighted by Crippen LogP contribution is 2.19. The van der Waals surface area contributed by atoms with E-state index in [9.17, 15) is 9.59 Å². The Labute approximate surface area is 133 Å². The lowest BCUT2D eigenvalue weighted by Crippen LogP contribution is -2.60. The lowest BCUT2D eigenvalue weighted by atomic mass is 10.1. The van der Waals surface area contributed by atoms with Gasteiger partial charge in [0.25, 0.3) is 0 Å². The molecule has 0 aromatic rings. The van der Waals surface area contributed by atoms with E-state index >= 15 is 0 Å². The molecule has 0 aromatic heterocycles. The maximum atomic E-state index is 12.3. The molecule has 0 spiro atoms. The molecule has 0 aliphatic carbocycles. The minimum atomic E-state index is -0.489. The van der Waals surface area contributed by atoms with Crippen molar-refractivity contribution in [1.29, 1.82) is 0 Å². The summed E-state index contributed by atoms with van der Waals surface area (Å²) in [6.45, 7) is 12.5. The van der Waals surface area contributed by atoms with Crippen LogP contribution in [0.4, 0.5) is 4.79 Å². The van der Waals surface area contributed by atoms with Gasteiger partial charge in [0.05, 0.1) is 0 Å². The number of ether oxygens (including phenoxy) is 1. The summed E-state index contributed by atoms with van der Waals surface area (Å²) in [6.07, 6.45) is 0.367. The van der Waals surface area contributed by atoms with Crippen LogP contribution in [0.1, 0.15) is 41.0 Å². The molecule has 22 heavy (non-hydrogen) atoms. The summed E-state index contributed by atoms with van der Waals surface area (Å²) in [7, 11) is 0. The normalized spacial score (nSPS) is 29.9. The first-order chi connectivity index (χ1) is 10.2. The van der Waals surface area contributed by atoms with Gasteiger partial charge in [-0.25, -0.2) is 4.79 Å². The van der Waals surface area contributed by atoms with Gasteiger partial charge in [0.2, 0.25) is 5.91 Å². The van der Waals surface area contributed by atoms with Crippen molar-refractivity contribution in [1.82, 2.24) is 15.1 Å². The Bertz CT molecular complexity index is 433. The smallest absolute Gasteiger partial charge is 0.410 e. The molecule has 2 fully saturated rings. The molecule has 2 heterocycles. The van der Waals surface area contributed by atoms with Gasteiger partial charge in [-0.2, -0.15) is 0 Å². The molecule has 0 saturated carbocycles. The molecule has 0 radical (unpaired) electrons. The van der Waals surface area contributed by atoms with E-state index < -0.39 is 5.60 Å². The molecule has 2 amide bonds. The third-order valence-electron chi connectivity index (χ3n) is 4.13. The van der Waals surface area contributed by atoms with E-state index in [4.69, 9.17) is 4.74 Å². The van der Waals surface area contributed by atoms with Gasteiger partial charge in [-0.1, -0.05) is 6.92 Å². The number of nitrogens with zero attached hydrogens (tertiary/aromatic N) is 2. The second-order valence-corrected chi connectivity index (χ2v) is 7.69. The summed E-state index contributed by atoms with van der Waals surface area (Å²) >= 11 is 0. The van der Waals surface area contributed by atoms with Crippen LogP contribution in [-0.4, -0.2) is 65.7 Å². The van der Waals surface area contributed by atoms with Gasteiger partial charge in [-0.3, -0.25) is 4.79 Å². The van der Waals surface area contributed by atoms with Gasteiger partial charge in [0, 0.05) is 44.7 Å². The number of likely N-dealkylation sites (tertiary alicyclic amines) is 1. The minimum Gasteiger partial charge on any atom is -0.444 e. The molecule has 2 rings (SSSR count). The Morgan fingerprint density at radius 2 is 2.00 bits per heavy atom. The Kier molecular flexibility index (Phi) is 5.00. The molecule has 3 atom stereocenters. The van der Waals surface area contributed by atoms with E-state index in [0.29, 0.717) is 25.4 Å². The SMILES string of the molecule is C[C@@H]1CC(=O)N(C[C@H]2CN(C(=O)OC(C)(C)C)[C@H](C)CN2)C1. The lowest BCUT2D eigenvalue weighted by molar-refractivity contribution is -0.128. The van der Waals surface area contributed by atoms with Crippen LogP contribution in [0.25, 0.3) is 0 Å². The summed E-state index contributed by atoms with van der Waals surface area (Å²) in [5.41, 5.74) is -0.489. The lowest BCUT2D eigenvalue weighted by Gasteiger charge is -2.40. The molecule has 0 aromatic carbocycles. The molecule has 126 valence electrons. The predicted molar refractivity (Wildman–Crippen MR) is 84.6 cm³/mol. The van der Waals surface area contributed by atoms with Crippen LogP contribution in [0.3, 0.4) is 0 Å². The predicted octanol–water partition coefficient (Wildman–Crippen LogP) is 1.45. The number of rotatable bonds is 2. The highest BCUT2D eigenvalue weighted by atomic mass is 16.6. The number of carbonyl (C=O) groups is 2. The second-order valence-electron chi connectivity index (χ2n) is 7.69. The highest BCUT2D eigenvalue weighted by molar-refractivity contribution is 5.78. The molecular weight excluding hydrogens is 282 g/mol. The largest absolute Gasteiger partial charge is 0.444 e. The van der Waals surface area contributed by atoms with Crippen LogP contribution >= 0.6 is 0 Å². The molecule has 6 heteroatoms. The maximum absolute atomic E-state index is 12.3. The fourth-order valence-corrected chi connectivity index (χ4v) is 3.04. The van der Waals surface area contributed by atoms with E-state index in [0.717, 1.165) is 13.1 Å². The van der Waals surface area contributed by atoms with Crippen molar-refractivity contribution >= 4 is 12.0 Å². The average Bonchev–Trinajstić information content (AvgIpc) is 2.68. The first-order valence-electron chi connectivity index (χ1n) is 8.16. The van der Waals surface area contributed by atoms with Crippen molar-refractivity contribution in [3.63, 3.8) is 0 Å². The molecule has 2 aliphatic rings. The number of hydrogen-bond donors (Lipinski definition) is 1. The van der Waals surface area contributed by atoms with Crippen LogP contribution in [-0.2, 0) is 9.53 Å². The minimum absolute atomic E-state index is 0.0966. The van der Waals surface area contributed by atoms with Crippen molar-refractivity contribution in [2.24, 2.45) is 5.92 Å². The molecule has 0 bridgehead atoms. The van der Waals surface area contributed by atoms with Crippen LogP contribution in [0.2, 0.25) is 0 Å². The van der Waals surface area contributed by atoms with Crippen molar-refractivity contribution in [3.8, 4) is 0 Å². The Morgan fingerprint density at radius 3 is 2.55 bits per heavy atom. The third kappa shape index (κ3) is 4.35.